The standard InChI is InChI=1S/C10H13NO4.ClH/c1-14-8-5-6(3-4-7(8)12)9(11)10(13)15-2;/h3-5,9,12H,11H2,1-2H3;1H/t9-;/m0./s1. The fourth-order valence-corrected chi connectivity index (χ4v) is 1.15. The predicted octanol–water partition coefficient (Wildman–Crippen LogP) is 0.995. The maximum atomic E-state index is 11.1. The number of carbonyl (C=O) groups is 1. The Hall–Kier alpha value is -1.46. The third-order valence-corrected chi connectivity index (χ3v) is 2.02. The fraction of sp³-hybridized carbons (Fsp3) is 0.300. The van der Waals surface area contributed by atoms with Gasteiger partial charge in [0.25, 0.3) is 0 Å². The van der Waals surface area contributed by atoms with Gasteiger partial charge in [-0.1, -0.05) is 6.07 Å². The highest BCUT2D eigenvalue weighted by Crippen LogP contribution is 2.28. The number of halogens is 1. The molecule has 0 fully saturated rings. The van der Waals surface area contributed by atoms with Crippen LogP contribution in [0.25, 0.3) is 0 Å². The number of rotatable bonds is 3. The first-order chi connectivity index (χ1) is 7.10. The van der Waals surface area contributed by atoms with Gasteiger partial charge in [-0.05, 0) is 17.7 Å². The van der Waals surface area contributed by atoms with Gasteiger partial charge in [0.1, 0.15) is 6.04 Å². The van der Waals surface area contributed by atoms with Crippen molar-refractivity contribution in [2.24, 2.45) is 5.73 Å². The molecular formula is C10H14ClNO4. The van der Waals surface area contributed by atoms with Gasteiger partial charge in [-0.25, -0.2) is 0 Å². The van der Waals surface area contributed by atoms with Crippen LogP contribution < -0.4 is 10.5 Å². The Morgan fingerprint density at radius 3 is 2.56 bits per heavy atom. The molecule has 1 atom stereocenters. The summed E-state index contributed by atoms with van der Waals surface area (Å²) < 4.78 is 9.39. The molecule has 0 saturated carbocycles. The van der Waals surface area contributed by atoms with Crippen LogP contribution in [0, 0.1) is 0 Å². The van der Waals surface area contributed by atoms with Gasteiger partial charge >= 0.3 is 5.97 Å². The van der Waals surface area contributed by atoms with Gasteiger partial charge in [0.05, 0.1) is 14.2 Å². The zero-order valence-electron chi connectivity index (χ0n) is 8.97. The number of phenolic OH excluding ortho intramolecular Hbond substituents is 1. The highest BCUT2D eigenvalue weighted by Gasteiger charge is 2.17. The van der Waals surface area contributed by atoms with Crippen LogP contribution in [-0.2, 0) is 9.53 Å². The molecule has 90 valence electrons. The number of ether oxygens (including phenoxy) is 2. The Labute approximate surface area is 99.6 Å². The van der Waals surface area contributed by atoms with E-state index in [2.05, 4.69) is 4.74 Å². The van der Waals surface area contributed by atoms with E-state index in [4.69, 9.17) is 10.5 Å². The van der Waals surface area contributed by atoms with Gasteiger partial charge in [0, 0.05) is 0 Å². The Morgan fingerprint density at radius 1 is 1.44 bits per heavy atom. The third-order valence-electron chi connectivity index (χ3n) is 2.02. The van der Waals surface area contributed by atoms with Crippen LogP contribution in [0.5, 0.6) is 11.5 Å². The minimum Gasteiger partial charge on any atom is -0.504 e. The van der Waals surface area contributed by atoms with Gasteiger partial charge in [-0.3, -0.25) is 4.79 Å². The van der Waals surface area contributed by atoms with Crippen LogP contribution in [-0.4, -0.2) is 25.3 Å². The maximum absolute atomic E-state index is 11.1. The molecule has 16 heavy (non-hydrogen) atoms. The van der Waals surface area contributed by atoms with Crippen molar-refractivity contribution >= 4 is 18.4 Å². The zero-order valence-corrected chi connectivity index (χ0v) is 9.78. The number of nitrogens with two attached hydrogens (primary N) is 1. The van der Waals surface area contributed by atoms with E-state index in [9.17, 15) is 9.90 Å². The first-order valence-electron chi connectivity index (χ1n) is 4.30. The van der Waals surface area contributed by atoms with E-state index in [0.717, 1.165) is 0 Å². The van der Waals surface area contributed by atoms with Crippen LogP contribution in [0.15, 0.2) is 18.2 Å². The Kier molecular flexibility index (Phi) is 5.63. The summed E-state index contributed by atoms with van der Waals surface area (Å²) in [5.41, 5.74) is 6.14. The minimum atomic E-state index is -0.871. The molecule has 3 N–H and O–H groups in total. The number of aromatic hydroxyl groups is 1. The van der Waals surface area contributed by atoms with Gasteiger partial charge in [0.15, 0.2) is 11.5 Å². The number of methoxy groups -OCH3 is 2. The molecule has 0 aliphatic carbocycles. The second-order valence-electron chi connectivity index (χ2n) is 2.93. The summed E-state index contributed by atoms with van der Waals surface area (Å²) in [5, 5.41) is 9.33. The summed E-state index contributed by atoms with van der Waals surface area (Å²) in [5.74, 6) is -0.270. The zero-order chi connectivity index (χ0) is 11.4. The SMILES string of the molecule is COC(=O)[C@@H](N)c1ccc(O)c(OC)c1.Cl. The highest BCUT2D eigenvalue weighted by molar-refractivity contribution is 5.85. The lowest BCUT2D eigenvalue weighted by molar-refractivity contribution is -0.142. The van der Waals surface area contributed by atoms with E-state index in [0.29, 0.717) is 5.56 Å². The second kappa shape index (κ2) is 6.19. The summed E-state index contributed by atoms with van der Waals surface area (Å²) in [6.07, 6.45) is 0. The summed E-state index contributed by atoms with van der Waals surface area (Å²) in [7, 11) is 2.68. The summed E-state index contributed by atoms with van der Waals surface area (Å²) in [4.78, 5) is 11.1. The molecule has 0 aromatic heterocycles. The van der Waals surface area contributed by atoms with E-state index in [1.54, 1.807) is 6.07 Å². The second-order valence-corrected chi connectivity index (χ2v) is 2.93. The highest BCUT2D eigenvalue weighted by atomic mass is 35.5. The molecule has 0 amide bonds. The molecule has 0 spiro atoms. The maximum Gasteiger partial charge on any atom is 0.327 e. The lowest BCUT2D eigenvalue weighted by Crippen LogP contribution is -2.22. The van der Waals surface area contributed by atoms with E-state index < -0.39 is 12.0 Å². The molecule has 1 aromatic rings. The average Bonchev–Trinajstić information content (AvgIpc) is 2.27. The number of esters is 1. The molecule has 0 saturated heterocycles. The Balaban J connectivity index is 0.00000225. The van der Waals surface area contributed by atoms with Gasteiger partial charge in [-0.15, -0.1) is 12.4 Å². The van der Waals surface area contributed by atoms with E-state index in [1.165, 1.54) is 26.4 Å². The lowest BCUT2D eigenvalue weighted by atomic mass is 10.1. The van der Waals surface area contributed by atoms with Crippen molar-refractivity contribution in [1.29, 1.82) is 0 Å². The summed E-state index contributed by atoms with van der Waals surface area (Å²) in [6, 6.07) is 3.58. The van der Waals surface area contributed by atoms with Crippen LogP contribution >= 0.6 is 12.4 Å². The van der Waals surface area contributed by atoms with Crippen LogP contribution in [0.3, 0.4) is 0 Å². The molecule has 0 radical (unpaired) electrons. The average molecular weight is 248 g/mol. The molecule has 0 aliphatic rings. The third kappa shape index (κ3) is 3.01. The van der Waals surface area contributed by atoms with Crippen molar-refractivity contribution in [3.05, 3.63) is 23.8 Å². The van der Waals surface area contributed by atoms with Gasteiger partial charge < -0.3 is 20.3 Å². The smallest absolute Gasteiger partial charge is 0.327 e. The van der Waals surface area contributed by atoms with Gasteiger partial charge in [0.2, 0.25) is 0 Å². The van der Waals surface area contributed by atoms with Crippen molar-refractivity contribution in [2.45, 2.75) is 6.04 Å². The van der Waals surface area contributed by atoms with Crippen LogP contribution in [0.4, 0.5) is 0 Å². The van der Waals surface area contributed by atoms with Crippen molar-refractivity contribution in [3.63, 3.8) is 0 Å². The van der Waals surface area contributed by atoms with Crippen LogP contribution in [0.1, 0.15) is 11.6 Å². The van der Waals surface area contributed by atoms with Crippen molar-refractivity contribution in [1.82, 2.24) is 0 Å². The summed E-state index contributed by atoms with van der Waals surface area (Å²) >= 11 is 0. The quantitative estimate of drug-likeness (QED) is 0.779. The molecule has 0 heterocycles. The first kappa shape index (κ1) is 14.5. The van der Waals surface area contributed by atoms with E-state index in [1.807, 2.05) is 0 Å². The van der Waals surface area contributed by atoms with Gasteiger partial charge in [-0.2, -0.15) is 0 Å². The molecule has 0 aliphatic heterocycles. The molecular weight excluding hydrogens is 234 g/mol. The van der Waals surface area contributed by atoms with E-state index >= 15 is 0 Å². The molecule has 5 nitrogen and oxygen atoms in total. The molecule has 6 heteroatoms. The van der Waals surface area contributed by atoms with Crippen molar-refractivity contribution in [2.75, 3.05) is 14.2 Å². The summed E-state index contributed by atoms with van der Waals surface area (Å²) in [6.45, 7) is 0. The number of phenols is 1. The molecule has 1 rings (SSSR count). The molecule has 0 bridgehead atoms. The largest absolute Gasteiger partial charge is 0.504 e. The monoisotopic (exact) mass is 247 g/mol. The lowest BCUT2D eigenvalue weighted by Gasteiger charge is -2.11. The number of carbonyl (C=O) groups excluding carboxylic acids is 1. The Bertz CT molecular complexity index is 370. The topological polar surface area (TPSA) is 81.8 Å². The molecule has 1 aromatic carbocycles. The normalized spacial score (nSPS) is 11.2. The van der Waals surface area contributed by atoms with Crippen LogP contribution in [0.2, 0.25) is 0 Å². The Morgan fingerprint density at radius 2 is 2.06 bits per heavy atom. The number of benzene rings is 1. The van der Waals surface area contributed by atoms with Crippen molar-refractivity contribution < 1.29 is 19.4 Å². The van der Waals surface area contributed by atoms with Crippen molar-refractivity contribution in [3.8, 4) is 11.5 Å². The molecule has 0 unspecified atom stereocenters. The first-order valence-corrected chi connectivity index (χ1v) is 4.30. The minimum absolute atomic E-state index is 0. The number of hydrogen-bond acceptors (Lipinski definition) is 5. The number of hydrogen-bond donors (Lipinski definition) is 2. The predicted molar refractivity (Wildman–Crippen MR) is 60.9 cm³/mol. The fourth-order valence-electron chi connectivity index (χ4n) is 1.15. The van der Waals surface area contributed by atoms with E-state index in [-0.39, 0.29) is 23.9 Å².